The molecular formula is C11H15N3O6. The van der Waals surface area contributed by atoms with E-state index in [1.807, 2.05) is 0 Å². The first kappa shape index (κ1) is 14.6. The summed E-state index contributed by atoms with van der Waals surface area (Å²) in [6.07, 6.45) is -3.37. The summed E-state index contributed by atoms with van der Waals surface area (Å²) >= 11 is 0. The molecule has 1 fully saturated rings. The second-order valence-corrected chi connectivity index (χ2v) is 4.59. The Morgan fingerprint density at radius 1 is 1.60 bits per heavy atom. The van der Waals surface area contributed by atoms with Gasteiger partial charge in [-0.1, -0.05) is 0 Å². The Labute approximate surface area is 113 Å². The minimum atomic E-state index is -1.97. The topological polar surface area (TPSA) is 148 Å². The average Bonchev–Trinajstić information content (AvgIpc) is 2.64. The number of carbonyl (C=O) groups is 1. The molecule has 20 heavy (non-hydrogen) atoms. The van der Waals surface area contributed by atoms with Crippen molar-refractivity contribution in [2.45, 2.75) is 31.0 Å². The van der Waals surface area contributed by atoms with Gasteiger partial charge in [-0.3, -0.25) is 9.36 Å². The SMILES string of the molecule is CC(=O)C1(CO)OC(n2ccc(N)nc2=O)C(O)C1O. The lowest BCUT2D eigenvalue weighted by molar-refractivity contribution is -0.162. The highest BCUT2D eigenvalue weighted by Crippen LogP contribution is 2.37. The number of aliphatic hydroxyl groups is 3. The van der Waals surface area contributed by atoms with E-state index in [-0.39, 0.29) is 5.82 Å². The zero-order valence-electron chi connectivity index (χ0n) is 10.6. The van der Waals surface area contributed by atoms with Gasteiger partial charge in [-0.05, 0) is 13.0 Å². The maximum Gasteiger partial charge on any atom is 0.351 e. The molecule has 9 heteroatoms. The highest BCUT2D eigenvalue weighted by atomic mass is 16.6. The summed E-state index contributed by atoms with van der Waals surface area (Å²) in [5.41, 5.74) is 2.57. The molecule has 110 valence electrons. The molecule has 4 atom stereocenters. The number of ketones is 1. The first-order valence-corrected chi connectivity index (χ1v) is 5.84. The maximum atomic E-state index is 11.7. The number of aromatic nitrogens is 2. The summed E-state index contributed by atoms with van der Waals surface area (Å²) in [6.45, 7) is 0.284. The number of nitrogens with zero attached hydrogens (tertiary/aromatic N) is 2. The van der Waals surface area contributed by atoms with Crippen molar-refractivity contribution >= 4 is 11.6 Å². The predicted octanol–water partition coefficient (Wildman–Crippen LogP) is -2.60. The van der Waals surface area contributed by atoms with E-state index in [2.05, 4.69) is 4.98 Å². The van der Waals surface area contributed by atoms with E-state index in [4.69, 9.17) is 10.5 Å². The van der Waals surface area contributed by atoms with Crippen molar-refractivity contribution in [2.24, 2.45) is 0 Å². The summed E-state index contributed by atoms with van der Waals surface area (Å²) in [5.74, 6) is -0.676. The Morgan fingerprint density at radius 3 is 2.70 bits per heavy atom. The molecule has 9 nitrogen and oxygen atoms in total. The minimum absolute atomic E-state index is 0.0146. The van der Waals surface area contributed by atoms with Crippen LogP contribution in [-0.2, 0) is 9.53 Å². The monoisotopic (exact) mass is 285 g/mol. The minimum Gasteiger partial charge on any atom is -0.393 e. The second-order valence-electron chi connectivity index (χ2n) is 4.59. The lowest BCUT2D eigenvalue weighted by atomic mass is 9.92. The summed E-state index contributed by atoms with van der Waals surface area (Å²) < 4.78 is 6.17. The zero-order valence-corrected chi connectivity index (χ0v) is 10.6. The number of nitrogens with two attached hydrogens (primary N) is 1. The lowest BCUT2D eigenvalue weighted by Crippen LogP contribution is -2.51. The van der Waals surface area contributed by atoms with Crippen molar-refractivity contribution in [3.05, 3.63) is 22.7 Å². The predicted molar refractivity (Wildman–Crippen MR) is 65.5 cm³/mol. The number of nitrogen functional groups attached to an aromatic ring is 1. The molecule has 1 aliphatic heterocycles. The van der Waals surface area contributed by atoms with E-state index >= 15 is 0 Å². The van der Waals surface area contributed by atoms with Gasteiger partial charge in [-0.25, -0.2) is 4.79 Å². The van der Waals surface area contributed by atoms with Gasteiger partial charge in [0.2, 0.25) is 0 Å². The van der Waals surface area contributed by atoms with Crippen LogP contribution in [0.3, 0.4) is 0 Å². The van der Waals surface area contributed by atoms with Gasteiger partial charge < -0.3 is 25.8 Å². The number of hydrogen-bond acceptors (Lipinski definition) is 8. The average molecular weight is 285 g/mol. The molecule has 0 aromatic carbocycles. The molecule has 1 aromatic rings. The van der Waals surface area contributed by atoms with Crippen LogP contribution in [-0.4, -0.2) is 55.1 Å². The molecule has 0 spiro atoms. The van der Waals surface area contributed by atoms with E-state index < -0.39 is 42.1 Å². The Morgan fingerprint density at radius 2 is 2.25 bits per heavy atom. The second kappa shape index (κ2) is 4.94. The van der Waals surface area contributed by atoms with Gasteiger partial charge in [-0.2, -0.15) is 4.98 Å². The summed E-state index contributed by atoms with van der Waals surface area (Å²) in [5, 5.41) is 29.2. The van der Waals surface area contributed by atoms with Crippen LogP contribution in [0.25, 0.3) is 0 Å². The first-order valence-electron chi connectivity index (χ1n) is 5.84. The molecule has 0 bridgehead atoms. The molecular weight excluding hydrogens is 270 g/mol. The summed E-state index contributed by atoms with van der Waals surface area (Å²) in [6, 6.07) is 1.30. The van der Waals surface area contributed by atoms with Crippen LogP contribution in [0.2, 0.25) is 0 Å². The van der Waals surface area contributed by atoms with E-state index in [1.54, 1.807) is 0 Å². The Balaban J connectivity index is 2.45. The van der Waals surface area contributed by atoms with Crippen LogP contribution in [0, 0.1) is 0 Å². The molecule has 0 radical (unpaired) electrons. The van der Waals surface area contributed by atoms with Gasteiger partial charge in [0.05, 0.1) is 6.61 Å². The molecule has 2 heterocycles. The number of Topliss-reactive ketones (excluding diaryl/α,β-unsaturated/α-hetero) is 1. The number of carbonyl (C=O) groups excluding carboxylic acids is 1. The molecule has 4 unspecified atom stereocenters. The third kappa shape index (κ3) is 2.00. The van der Waals surface area contributed by atoms with Gasteiger partial charge in [0.1, 0.15) is 18.0 Å². The van der Waals surface area contributed by atoms with Crippen molar-refractivity contribution in [2.75, 3.05) is 12.3 Å². The van der Waals surface area contributed by atoms with Crippen LogP contribution in [0.1, 0.15) is 13.2 Å². The number of hydrogen-bond donors (Lipinski definition) is 4. The summed E-state index contributed by atoms with van der Waals surface area (Å²) in [4.78, 5) is 26.8. The van der Waals surface area contributed by atoms with E-state index in [0.29, 0.717) is 0 Å². The van der Waals surface area contributed by atoms with Crippen molar-refractivity contribution in [3.8, 4) is 0 Å². The number of aliphatic hydroxyl groups excluding tert-OH is 3. The first-order chi connectivity index (χ1) is 9.33. The normalized spacial score (nSPS) is 33.3. The third-order valence-corrected chi connectivity index (χ3v) is 3.38. The molecule has 0 saturated carbocycles. The molecule has 5 N–H and O–H groups in total. The highest BCUT2D eigenvalue weighted by molar-refractivity contribution is 5.86. The van der Waals surface area contributed by atoms with Crippen molar-refractivity contribution in [1.82, 2.24) is 9.55 Å². The van der Waals surface area contributed by atoms with Gasteiger partial charge >= 0.3 is 5.69 Å². The van der Waals surface area contributed by atoms with Crippen molar-refractivity contribution < 1.29 is 24.9 Å². The van der Waals surface area contributed by atoms with Gasteiger partial charge in [0.15, 0.2) is 17.6 Å². The van der Waals surface area contributed by atoms with Crippen LogP contribution < -0.4 is 11.4 Å². The molecule has 0 aliphatic carbocycles. The van der Waals surface area contributed by atoms with E-state index in [1.165, 1.54) is 12.3 Å². The van der Waals surface area contributed by atoms with Crippen LogP contribution in [0.5, 0.6) is 0 Å². The van der Waals surface area contributed by atoms with Gasteiger partial charge in [0.25, 0.3) is 0 Å². The highest BCUT2D eigenvalue weighted by Gasteiger charge is 2.57. The molecule has 1 aromatic heterocycles. The fraction of sp³-hybridized carbons (Fsp3) is 0.545. The Kier molecular flexibility index (Phi) is 3.61. The molecule has 2 rings (SSSR count). The molecule has 1 aliphatic rings. The van der Waals surface area contributed by atoms with Crippen LogP contribution in [0.4, 0.5) is 5.82 Å². The number of anilines is 1. The Hall–Kier alpha value is -1.81. The standard InChI is InChI=1S/C11H15N3O6/c1-5(16)11(4-15)8(18)7(17)9(20-11)14-3-2-6(12)13-10(14)19/h2-3,7-9,15,17-18H,4H2,1H3,(H2,12,13,19). The zero-order chi connectivity index (χ0) is 15.1. The Bertz CT molecular complexity index is 588. The fourth-order valence-corrected chi connectivity index (χ4v) is 2.16. The van der Waals surface area contributed by atoms with Crippen LogP contribution >= 0.6 is 0 Å². The fourth-order valence-electron chi connectivity index (χ4n) is 2.16. The van der Waals surface area contributed by atoms with Gasteiger partial charge in [0, 0.05) is 6.20 Å². The number of ether oxygens (including phenoxy) is 1. The maximum absolute atomic E-state index is 11.7. The van der Waals surface area contributed by atoms with Gasteiger partial charge in [-0.15, -0.1) is 0 Å². The summed E-state index contributed by atoms with van der Waals surface area (Å²) in [7, 11) is 0. The van der Waals surface area contributed by atoms with E-state index in [9.17, 15) is 24.9 Å². The molecule has 0 amide bonds. The van der Waals surface area contributed by atoms with Crippen LogP contribution in [0.15, 0.2) is 17.1 Å². The van der Waals surface area contributed by atoms with Crippen molar-refractivity contribution in [1.29, 1.82) is 0 Å². The quantitative estimate of drug-likeness (QED) is 0.472. The van der Waals surface area contributed by atoms with E-state index in [0.717, 1.165) is 11.5 Å². The third-order valence-electron chi connectivity index (χ3n) is 3.38. The lowest BCUT2D eigenvalue weighted by Gasteiger charge is -2.26. The molecule has 1 saturated heterocycles. The number of rotatable bonds is 3. The smallest absolute Gasteiger partial charge is 0.351 e. The largest absolute Gasteiger partial charge is 0.393 e. The van der Waals surface area contributed by atoms with Crippen molar-refractivity contribution in [3.63, 3.8) is 0 Å².